The van der Waals surface area contributed by atoms with E-state index in [9.17, 15) is 19.2 Å². The maximum absolute atomic E-state index is 11.8. The van der Waals surface area contributed by atoms with Gasteiger partial charge in [-0.15, -0.1) is 0 Å². The van der Waals surface area contributed by atoms with Gasteiger partial charge in [0.25, 0.3) is 0 Å². The summed E-state index contributed by atoms with van der Waals surface area (Å²) >= 11 is 0. The summed E-state index contributed by atoms with van der Waals surface area (Å²) in [6.07, 6.45) is -0.534. The van der Waals surface area contributed by atoms with E-state index in [1.165, 1.54) is 19.4 Å². The number of carbonyl (C=O) groups is 4. The summed E-state index contributed by atoms with van der Waals surface area (Å²) in [6, 6.07) is 10.0. The molecule has 0 radical (unpaired) electrons. The molecule has 10 nitrogen and oxygen atoms in total. The van der Waals surface area contributed by atoms with Crippen molar-refractivity contribution in [2.75, 3.05) is 13.2 Å². The first-order valence-electron chi connectivity index (χ1n) is 11.3. The zero-order valence-corrected chi connectivity index (χ0v) is 20.3. The second kappa shape index (κ2) is 14.2. The SMILES string of the molecule is CC(=O)OC[C@H]1O[C@H](OC/C=C/CCc2ccccc2)[C@H](OC(C)=O)[C@@H](OC(C)=O)[C@H]1OC(C)=O. The van der Waals surface area contributed by atoms with Gasteiger partial charge in [0.05, 0.1) is 6.61 Å². The number of benzene rings is 1. The smallest absolute Gasteiger partial charge is 0.303 e. The highest BCUT2D eigenvalue weighted by Crippen LogP contribution is 2.30. The van der Waals surface area contributed by atoms with Crippen molar-refractivity contribution in [2.24, 2.45) is 0 Å². The van der Waals surface area contributed by atoms with Crippen molar-refractivity contribution in [1.82, 2.24) is 0 Å². The standard InChI is InChI=1S/C25H32O10/c1-16(26)31-15-21-22(32-17(2)27)23(33-18(3)28)24(34-19(4)29)25(35-21)30-14-10-6-9-13-20-11-7-5-8-12-20/h5-8,10-12,21-25H,9,13-15H2,1-4H3/b10-6+/t21-,22+,23+,24-,25+/m1/s1. The van der Waals surface area contributed by atoms with Crippen molar-refractivity contribution in [2.45, 2.75) is 71.2 Å². The fourth-order valence-corrected chi connectivity index (χ4v) is 3.55. The maximum Gasteiger partial charge on any atom is 0.303 e. The van der Waals surface area contributed by atoms with E-state index in [4.69, 9.17) is 28.4 Å². The molecule has 1 aliphatic rings. The number of allylic oxidation sites excluding steroid dienone is 1. The number of ether oxygens (including phenoxy) is 6. The first-order valence-corrected chi connectivity index (χ1v) is 11.3. The van der Waals surface area contributed by atoms with Crippen LogP contribution in [0.15, 0.2) is 42.5 Å². The van der Waals surface area contributed by atoms with Crippen molar-refractivity contribution in [1.29, 1.82) is 0 Å². The summed E-state index contributed by atoms with van der Waals surface area (Å²) in [7, 11) is 0. The van der Waals surface area contributed by atoms with Crippen molar-refractivity contribution in [3.05, 3.63) is 48.0 Å². The molecule has 1 aromatic rings. The molecule has 1 saturated heterocycles. The van der Waals surface area contributed by atoms with Gasteiger partial charge in [0, 0.05) is 27.7 Å². The summed E-state index contributed by atoms with van der Waals surface area (Å²) in [6.45, 7) is 4.52. The van der Waals surface area contributed by atoms with Crippen LogP contribution in [0.4, 0.5) is 0 Å². The van der Waals surface area contributed by atoms with Crippen LogP contribution in [-0.2, 0) is 54.0 Å². The van der Waals surface area contributed by atoms with Gasteiger partial charge in [0.15, 0.2) is 24.6 Å². The molecule has 0 N–H and O–H groups in total. The van der Waals surface area contributed by atoms with Crippen LogP contribution in [0, 0.1) is 0 Å². The molecule has 1 aliphatic heterocycles. The first-order chi connectivity index (χ1) is 16.7. The Morgan fingerprint density at radius 1 is 0.800 bits per heavy atom. The molecule has 0 aromatic heterocycles. The van der Waals surface area contributed by atoms with Gasteiger partial charge in [0.1, 0.15) is 12.7 Å². The van der Waals surface area contributed by atoms with E-state index in [1.54, 1.807) is 6.08 Å². The third kappa shape index (κ3) is 9.87. The minimum absolute atomic E-state index is 0.0997. The Kier molecular flexibility index (Phi) is 11.4. The van der Waals surface area contributed by atoms with Gasteiger partial charge < -0.3 is 28.4 Å². The van der Waals surface area contributed by atoms with Crippen LogP contribution in [0.2, 0.25) is 0 Å². The highest BCUT2D eigenvalue weighted by molar-refractivity contribution is 5.68. The van der Waals surface area contributed by atoms with E-state index in [-0.39, 0.29) is 13.2 Å². The highest BCUT2D eigenvalue weighted by atomic mass is 16.7. The maximum atomic E-state index is 11.8. The lowest BCUT2D eigenvalue weighted by atomic mass is 9.98. The number of rotatable bonds is 11. The zero-order valence-electron chi connectivity index (χ0n) is 20.3. The summed E-state index contributed by atoms with van der Waals surface area (Å²) in [4.78, 5) is 46.7. The van der Waals surface area contributed by atoms with E-state index < -0.39 is 54.6 Å². The van der Waals surface area contributed by atoms with Gasteiger partial charge in [-0.1, -0.05) is 42.5 Å². The molecule has 0 bridgehead atoms. The average Bonchev–Trinajstić information content (AvgIpc) is 2.78. The molecule has 0 spiro atoms. The molecule has 10 heteroatoms. The van der Waals surface area contributed by atoms with E-state index >= 15 is 0 Å². The molecular formula is C25H32O10. The second-order valence-electron chi connectivity index (χ2n) is 7.90. The Balaban J connectivity index is 2.15. The van der Waals surface area contributed by atoms with Crippen molar-refractivity contribution in [3.63, 3.8) is 0 Å². The topological polar surface area (TPSA) is 124 Å². The van der Waals surface area contributed by atoms with Crippen molar-refractivity contribution < 1.29 is 47.6 Å². The molecule has 0 saturated carbocycles. The van der Waals surface area contributed by atoms with Crippen LogP contribution in [0.5, 0.6) is 0 Å². The molecule has 1 fully saturated rings. The van der Waals surface area contributed by atoms with Gasteiger partial charge in [-0.2, -0.15) is 0 Å². The first kappa shape index (κ1) is 28.0. The van der Waals surface area contributed by atoms with Gasteiger partial charge in [-0.25, -0.2) is 0 Å². The van der Waals surface area contributed by atoms with Gasteiger partial charge in [-0.05, 0) is 18.4 Å². The van der Waals surface area contributed by atoms with Crippen LogP contribution in [0.1, 0.15) is 39.7 Å². The van der Waals surface area contributed by atoms with E-state index in [2.05, 4.69) is 0 Å². The molecule has 1 heterocycles. The fraction of sp³-hybridized carbons (Fsp3) is 0.520. The minimum Gasteiger partial charge on any atom is -0.463 e. The summed E-state index contributed by atoms with van der Waals surface area (Å²) in [5.41, 5.74) is 1.21. The Hall–Kier alpha value is -3.24. The van der Waals surface area contributed by atoms with Crippen LogP contribution in [0.25, 0.3) is 0 Å². The van der Waals surface area contributed by atoms with Crippen LogP contribution < -0.4 is 0 Å². The summed E-state index contributed by atoms with van der Waals surface area (Å²) < 4.78 is 32.7. The molecule has 35 heavy (non-hydrogen) atoms. The third-order valence-corrected chi connectivity index (χ3v) is 4.91. The van der Waals surface area contributed by atoms with Gasteiger partial charge in [-0.3, -0.25) is 19.2 Å². The molecule has 0 aliphatic carbocycles. The number of aryl methyl sites for hydroxylation is 1. The summed E-state index contributed by atoms with van der Waals surface area (Å²) in [5, 5.41) is 0. The molecular weight excluding hydrogens is 460 g/mol. The lowest BCUT2D eigenvalue weighted by molar-refractivity contribution is -0.305. The fourth-order valence-electron chi connectivity index (χ4n) is 3.55. The van der Waals surface area contributed by atoms with Gasteiger partial charge >= 0.3 is 23.9 Å². The van der Waals surface area contributed by atoms with Crippen molar-refractivity contribution in [3.8, 4) is 0 Å². The largest absolute Gasteiger partial charge is 0.463 e. The molecule has 0 unspecified atom stereocenters. The third-order valence-electron chi connectivity index (χ3n) is 4.91. The number of esters is 4. The minimum atomic E-state index is -1.25. The van der Waals surface area contributed by atoms with Crippen LogP contribution >= 0.6 is 0 Å². The predicted octanol–water partition coefficient (Wildman–Crippen LogP) is 2.28. The van der Waals surface area contributed by atoms with Crippen molar-refractivity contribution >= 4 is 23.9 Å². The Morgan fingerprint density at radius 2 is 1.40 bits per heavy atom. The van der Waals surface area contributed by atoms with E-state index in [1.807, 2.05) is 36.4 Å². The molecule has 0 amide bonds. The van der Waals surface area contributed by atoms with Gasteiger partial charge in [0.2, 0.25) is 0 Å². The Bertz CT molecular complexity index is 881. The lowest BCUT2D eigenvalue weighted by Crippen LogP contribution is -2.62. The molecule has 192 valence electrons. The van der Waals surface area contributed by atoms with E-state index in [0.717, 1.165) is 26.7 Å². The predicted molar refractivity (Wildman–Crippen MR) is 122 cm³/mol. The lowest BCUT2D eigenvalue weighted by Gasteiger charge is -2.43. The average molecular weight is 493 g/mol. The number of hydrogen-bond donors (Lipinski definition) is 0. The second-order valence-corrected chi connectivity index (χ2v) is 7.90. The van der Waals surface area contributed by atoms with E-state index in [0.29, 0.717) is 0 Å². The highest BCUT2D eigenvalue weighted by Gasteiger charge is 2.52. The molecule has 5 atom stereocenters. The zero-order chi connectivity index (χ0) is 25.8. The summed E-state index contributed by atoms with van der Waals surface area (Å²) in [5.74, 6) is -2.65. The Morgan fingerprint density at radius 3 is 2.00 bits per heavy atom. The van der Waals surface area contributed by atoms with Crippen LogP contribution in [0.3, 0.4) is 0 Å². The molecule has 2 rings (SSSR count). The Labute approximate surface area is 204 Å². The monoisotopic (exact) mass is 492 g/mol. The number of carbonyl (C=O) groups excluding carboxylic acids is 4. The quantitative estimate of drug-likeness (QED) is 0.258. The number of hydrogen-bond acceptors (Lipinski definition) is 10. The molecule has 1 aromatic carbocycles. The van der Waals surface area contributed by atoms with Crippen LogP contribution in [-0.4, -0.2) is 67.8 Å². The normalized spacial score (nSPS) is 23.9.